The molecular formula is C12H15Br2NO2S. The zero-order valence-electron chi connectivity index (χ0n) is 10.2. The summed E-state index contributed by atoms with van der Waals surface area (Å²) in [4.78, 5) is 0.277. The van der Waals surface area contributed by atoms with Crippen molar-refractivity contribution in [3.63, 3.8) is 0 Å². The predicted octanol–water partition coefficient (Wildman–Crippen LogP) is 3.68. The minimum atomic E-state index is -3.49. The van der Waals surface area contributed by atoms with Crippen LogP contribution in [0.1, 0.15) is 26.7 Å². The van der Waals surface area contributed by atoms with Gasteiger partial charge < -0.3 is 0 Å². The Bertz CT molecular complexity index is 565. The van der Waals surface area contributed by atoms with E-state index in [1.807, 2.05) is 13.8 Å². The number of sulfonamides is 1. The lowest BCUT2D eigenvalue weighted by Crippen LogP contribution is -2.45. The van der Waals surface area contributed by atoms with Crippen molar-refractivity contribution in [1.82, 2.24) is 4.72 Å². The summed E-state index contributed by atoms with van der Waals surface area (Å²) < 4.78 is 28.9. The average molecular weight is 397 g/mol. The lowest BCUT2D eigenvalue weighted by atomic mass is 10.0. The van der Waals surface area contributed by atoms with Crippen molar-refractivity contribution in [3.8, 4) is 0 Å². The molecule has 0 unspecified atom stereocenters. The van der Waals surface area contributed by atoms with Crippen LogP contribution in [0, 0.1) is 5.92 Å². The Hall–Kier alpha value is 0.0900. The van der Waals surface area contributed by atoms with Crippen LogP contribution >= 0.6 is 31.9 Å². The van der Waals surface area contributed by atoms with Crippen molar-refractivity contribution in [2.75, 3.05) is 0 Å². The Morgan fingerprint density at radius 3 is 2.39 bits per heavy atom. The first-order valence-corrected chi connectivity index (χ1v) is 8.78. The second kappa shape index (κ2) is 4.89. The maximum atomic E-state index is 12.4. The van der Waals surface area contributed by atoms with Crippen molar-refractivity contribution < 1.29 is 8.42 Å². The molecule has 0 aliphatic heterocycles. The summed E-state index contributed by atoms with van der Waals surface area (Å²) in [6, 6.07) is 5.06. The molecule has 0 atom stereocenters. The Balaban J connectivity index is 2.30. The summed E-state index contributed by atoms with van der Waals surface area (Å²) in [5.74, 6) is 0.446. The fourth-order valence-corrected chi connectivity index (χ4v) is 5.20. The van der Waals surface area contributed by atoms with Gasteiger partial charge in [0.05, 0.1) is 4.90 Å². The first kappa shape index (κ1) is 14.5. The van der Waals surface area contributed by atoms with Gasteiger partial charge in [-0.2, -0.15) is 0 Å². The van der Waals surface area contributed by atoms with Crippen molar-refractivity contribution >= 4 is 41.9 Å². The highest BCUT2D eigenvalue weighted by Crippen LogP contribution is 2.40. The standard InChI is InChI=1S/C12H15Br2NO2S/c1-12(2,8-3-4-8)15-18(16,17)11-6-5-9(13)7-10(11)14/h5-8,15H,3-4H2,1-2H3. The van der Waals surface area contributed by atoms with Crippen molar-refractivity contribution in [1.29, 1.82) is 0 Å². The molecule has 0 aromatic heterocycles. The van der Waals surface area contributed by atoms with Gasteiger partial charge in [0.1, 0.15) is 0 Å². The van der Waals surface area contributed by atoms with Crippen molar-refractivity contribution in [3.05, 3.63) is 27.1 Å². The number of halogens is 2. The minimum absolute atomic E-state index is 0.277. The van der Waals surface area contributed by atoms with E-state index in [2.05, 4.69) is 36.6 Å². The van der Waals surface area contributed by atoms with Crippen LogP contribution in [-0.2, 0) is 10.0 Å². The largest absolute Gasteiger partial charge is 0.242 e. The quantitative estimate of drug-likeness (QED) is 0.843. The molecule has 3 nitrogen and oxygen atoms in total. The van der Waals surface area contributed by atoms with Gasteiger partial charge in [-0.3, -0.25) is 0 Å². The molecule has 18 heavy (non-hydrogen) atoms. The Labute approximate surface area is 125 Å². The molecule has 1 aromatic rings. The highest BCUT2D eigenvalue weighted by Gasteiger charge is 2.40. The highest BCUT2D eigenvalue weighted by molar-refractivity contribution is 9.11. The molecule has 0 amide bonds. The third kappa shape index (κ3) is 3.15. The summed E-state index contributed by atoms with van der Waals surface area (Å²) in [7, 11) is -3.49. The fourth-order valence-electron chi connectivity index (χ4n) is 1.98. The van der Waals surface area contributed by atoms with E-state index in [9.17, 15) is 8.42 Å². The molecule has 2 rings (SSSR count). The molecule has 1 aliphatic rings. The maximum Gasteiger partial charge on any atom is 0.242 e. The van der Waals surface area contributed by atoms with E-state index < -0.39 is 10.0 Å². The molecule has 1 fully saturated rings. The van der Waals surface area contributed by atoms with Crippen LogP contribution < -0.4 is 4.72 Å². The Kier molecular flexibility index (Phi) is 3.94. The number of hydrogen-bond donors (Lipinski definition) is 1. The maximum absolute atomic E-state index is 12.4. The topological polar surface area (TPSA) is 46.2 Å². The molecule has 1 aliphatic carbocycles. The van der Waals surface area contributed by atoms with Crippen molar-refractivity contribution in [2.45, 2.75) is 37.1 Å². The SMILES string of the molecule is CC(C)(NS(=O)(=O)c1ccc(Br)cc1Br)C1CC1. The van der Waals surface area contributed by atoms with Gasteiger partial charge in [-0.15, -0.1) is 0 Å². The van der Waals surface area contributed by atoms with E-state index in [1.54, 1.807) is 18.2 Å². The predicted molar refractivity (Wildman–Crippen MR) is 79.0 cm³/mol. The molecule has 0 saturated heterocycles. The molecule has 100 valence electrons. The molecule has 6 heteroatoms. The first-order valence-electron chi connectivity index (χ1n) is 5.71. The highest BCUT2D eigenvalue weighted by atomic mass is 79.9. The molecule has 0 radical (unpaired) electrons. The second-order valence-corrected chi connectivity index (χ2v) is 8.60. The van der Waals surface area contributed by atoms with Crippen LogP contribution in [-0.4, -0.2) is 14.0 Å². The van der Waals surface area contributed by atoms with Gasteiger partial charge in [0.15, 0.2) is 0 Å². The minimum Gasteiger partial charge on any atom is -0.207 e. The van der Waals surface area contributed by atoms with Crippen LogP contribution in [0.2, 0.25) is 0 Å². The van der Waals surface area contributed by atoms with E-state index in [-0.39, 0.29) is 10.4 Å². The molecule has 0 spiro atoms. The smallest absolute Gasteiger partial charge is 0.207 e. The molecule has 0 heterocycles. The van der Waals surface area contributed by atoms with Gasteiger partial charge in [-0.05, 0) is 66.7 Å². The van der Waals surface area contributed by atoms with Crippen LogP contribution in [0.3, 0.4) is 0 Å². The molecule has 1 aromatic carbocycles. The molecular weight excluding hydrogens is 382 g/mol. The zero-order chi connectivity index (χ0) is 13.6. The summed E-state index contributed by atoms with van der Waals surface area (Å²) in [5.41, 5.74) is -0.384. The lowest BCUT2D eigenvalue weighted by Gasteiger charge is -2.26. The lowest BCUT2D eigenvalue weighted by molar-refractivity contribution is 0.400. The van der Waals surface area contributed by atoms with E-state index in [4.69, 9.17) is 0 Å². The Morgan fingerprint density at radius 1 is 1.28 bits per heavy atom. The van der Waals surface area contributed by atoms with Crippen molar-refractivity contribution in [2.24, 2.45) is 5.92 Å². The van der Waals surface area contributed by atoms with Gasteiger partial charge in [-0.25, -0.2) is 13.1 Å². The number of rotatable bonds is 4. The first-order chi connectivity index (χ1) is 8.22. The van der Waals surface area contributed by atoms with Crippen LogP contribution in [0.25, 0.3) is 0 Å². The third-order valence-electron chi connectivity index (χ3n) is 3.18. The Morgan fingerprint density at radius 2 is 1.89 bits per heavy atom. The van der Waals surface area contributed by atoms with Gasteiger partial charge in [0, 0.05) is 14.5 Å². The second-order valence-electron chi connectivity index (χ2n) is 5.18. The summed E-state index contributed by atoms with van der Waals surface area (Å²) in [6.45, 7) is 3.88. The van der Waals surface area contributed by atoms with E-state index >= 15 is 0 Å². The zero-order valence-corrected chi connectivity index (χ0v) is 14.2. The van der Waals surface area contributed by atoms with Crippen LogP contribution in [0.5, 0.6) is 0 Å². The number of hydrogen-bond acceptors (Lipinski definition) is 2. The normalized spacial score (nSPS) is 16.9. The van der Waals surface area contributed by atoms with E-state index in [1.165, 1.54) is 0 Å². The summed E-state index contributed by atoms with van der Waals surface area (Å²) in [6.07, 6.45) is 2.19. The molecule has 0 bridgehead atoms. The van der Waals surface area contributed by atoms with Gasteiger partial charge in [-0.1, -0.05) is 15.9 Å². The summed E-state index contributed by atoms with van der Waals surface area (Å²) >= 11 is 6.61. The van der Waals surface area contributed by atoms with Gasteiger partial charge >= 0.3 is 0 Å². The monoisotopic (exact) mass is 395 g/mol. The van der Waals surface area contributed by atoms with Gasteiger partial charge in [0.25, 0.3) is 0 Å². The number of benzene rings is 1. The van der Waals surface area contributed by atoms with Gasteiger partial charge in [0.2, 0.25) is 10.0 Å². The summed E-state index contributed by atoms with van der Waals surface area (Å²) in [5, 5.41) is 0. The number of nitrogens with one attached hydrogen (secondary N) is 1. The fraction of sp³-hybridized carbons (Fsp3) is 0.500. The van der Waals surface area contributed by atoms with Crippen LogP contribution in [0.15, 0.2) is 32.0 Å². The third-order valence-corrected chi connectivity index (χ3v) is 6.32. The van der Waals surface area contributed by atoms with Crippen LogP contribution in [0.4, 0.5) is 0 Å². The average Bonchev–Trinajstić information content (AvgIpc) is 2.97. The molecule has 1 N–H and O–H groups in total. The van der Waals surface area contributed by atoms with E-state index in [0.29, 0.717) is 10.4 Å². The molecule has 1 saturated carbocycles. The van der Waals surface area contributed by atoms with E-state index in [0.717, 1.165) is 17.3 Å².